The number of hydrogen-bond donors (Lipinski definition) is 1. The van der Waals surface area contributed by atoms with Crippen LogP contribution >= 0.6 is 0 Å². The summed E-state index contributed by atoms with van der Waals surface area (Å²) < 4.78 is 17.2. The van der Waals surface area contributed by atoms with Crippen LogP contribution in [0.15, 0.2) is 66.2 Å². The maximum Gasteiger partial charge on any atom is 0.300 e. The minimum absolute atomic E-state index is 0.0398. The molecule has 0 radical (unpaired) electrons. The second-order valence-electron chi connectivity index (χ2n) is 9.93. The number of carbonyl (C=O) groups is 2. The number of Topliss-reactive ketones (excluding diaryl/α,β-unsaturated/α-hetero) is 1. The summed E-state index contributed by atoms with van der Waals surface area (Å²) in [5.41, 5.74) is 3.74. The van der Waals surface area contributed by atoms with E-state index in [2.05, 4.69) is 6.92 Å². The van der Waals surface area contributed by atoms with Gasteiger partial charge in [0.2, 0.25) is 0 Å². The van der Waals surface area contributed by atoms with Gasteiger partial charge in [0.15, 0.2) is 11.5 Å². The monoisotopic (exact) mass is 527 g/mol. The molecule has 2 aliphatic heterocycles. The van der Waals surface area contributed by atoms with Crippen LogP contribution in [0.2, 0.25) is 0 Å². The van der Waals surface area contributed by atoms with Gasteiger partial charge in [0, 0.05) is 17.3 Å². The van der Waals surface area contributed by atoms with Crippen LogP contribution in [0.25, 0.3) is 5.76 Å². The Morgan fingerprint density at radius 1 is 0.974 bits per heavy atom. The fraction of sp³-hybridized carbons (Fsp3) is 0.312. The third kappa shape index (κ3) is 4.85. The minimum Gasteiger partial charge on any atom is -0.507 e. The van der Waals surface area contributed by atoms with Gasteiger partial charge in [-0.25, -0.2) is 0 Å². The number of rotatable bonds is 7. The second-order valence-corrected chi connectivity index (χ2v) is 9.93. The lowest BCUT2D eigenvalue weighted by Gasteiger charge is -2.27. The van der Waals surface area contributed by atoms with Crippen molar-refractivity contribution in [2.24, 2.45) is 0 Å². The Morgan fingerprint density at radius 3 is 2.36 bits per heavy atom. The first kappa shape index (κ1) is 26.4. The summed E-state index contributed by atoms with van der Waals surface area (Å²) in [7, 11) is 0. The van der Waals surface area contributed by atoms with Crippen molar-refractivity contribution in [1.29, 1.82) is 0 Å². The molecule has 2 aliphatic rings. The summed E-state index contributed by atoms with van der Waals surface area (Å²) >= 11 is 0. The number of ketones is 1. The van der Waals surface area contributed by atoms with E-state index in [-0.39, 0.29) is 17.3 Å². The number of carbonyl (C=O) groups excluding carboxylic acids is 2. The third-order valence-corrected chi connectivity index (χ3v) is 7.16. The lowest BCUT2D eigenvalue weighted by molar-refractivity contribution is -0.132. The molecule has 0 aliphatic carbocycles. The van der Waals surface area contributed by atoms with Crippen molar-refractivity contribution >= 4 is 23.1 Å². The SMILES string of the molecule is CCOc1ccc(/C(O)=C2\C(=O)C(=O)N(c3ccc4c(c3)OCCO4)C2c2ccc(CC)cc2)cc1C(C)C. The van der Waals surface area contributed by atoms with Crippen molar-refractivity contribution in [3.8, 4) is 17.2 Å². The topological polar surface area (TPSA) is 85.3 Å². The lowest BCUT2D eigenvalue weighted by Crippen LogP contribution is -2.29. The first-order valence-corrected chi connectivity index (χ1v) is 13.4. The molecule has 1 unspecified atom stereocenters. The Balaban J connectivity index is 1.68. The number of ether oxygens (including phenoxy) is 3. The van der Waals surface area contributed by atoms with E-state index in [0.717, 1.165) is 28.9 Å². The molecule has 0 saturated carbocycles. The van der Waals surface area contributed by atoms with E-state index in [1.807, 2.05) is 51.1 Å². The van der Waals surface area contributed by atoms with E-state index >= 15 is 0 Å². The lowest BCUT2D eigenvalue weighted by atomic mass is 9.92. The van der Waals surface area contributed by atoms with E-state index < -0.39 is 17.7 Å². The molecule has 0 spiro atoms. The Kier molecular flexibility index (Phi) is 7.33. The molecular formula is C32H33NO6. The summed E-state index contributed by atoms with van der Waals surface area (Å²) in [6.45, 7) is 9.42. The predicted octanol–water partition coefficient (Wildman–Crippen LogP) is 6.17. The van der Waals surface area contributed by atoms with Crippen molar-refractivity contribution in [3.63, 3.8) is 0 Å². The molecule has 0 bridgehead atoms. The quantitative estimate of drug-likeness (QED) is 0.225. The molecular weight excluding hydrogens is 494 g/mol. The van der Waals surface area contributed by atoms with E-state index in [0.29, 0.717) is 42.6 Å². The van der Waals surface area contributed by atoms with E-state index in [1.54, 1.807) is 30.3 Å². The Morgan fingerprint density at radius 2 is 1.69 bits per heavy atom. The van der Waals surface area contributed by atoms with Crippen LogP contribution < -0.4 is 19.1 Å². The summed E-state index contributed by atoms with van der Waals surface area (Å²) in [6, 6.07) is 17.5. The molecule has 0 aromatic heterocycles. The van der Waals surface area contributed by atoms with E-state index in [1.165, 1.54) is 4.90 Å². The van der Waals surface area contributed by atoms with Crippen molar-refractivity contribution in [3.05, 3.63) is 88.5 Å². The van der Waals surface area contributed by atoms with E-state index in [9.17, 15) is 14.7 Å². The zero-order valence-electron chi connectivity index (χ0n) is 22.7. The number of amides is 1. The van der Waals surface area contributed by atoms with E-state index in [4.69, 9.17) is 14.2 Å². The zero-order chi connectivity index (χ0) is 27.7. The Hall–Kier alpha value is -4.26. The number of nitrogens with zero attached hydrogens (tertiary/aromatic N) is 1. The van der Waals surface area contributed by atoms with Crippen LogP contribution in [-0.2, 0) is 16.0 Å². The van der Waals surface area contributed by atoms with Crippen LogP contribution in [0.3, 0.4) is 0 Å². The van der Waals surface area contributed by atoms with Gasteiger partial charge in [-0.15, -0.1) is 0 Å². The molecule has 3 aromatic rings. The molecule has 7 heteroatoms. The molecule has 5 rings (SSSR count). The van der Waals surface area contributed by atoms with Crippen LogP contribution in [0.5, 0.6) is 17.2 Å². The van der Waals surface area contributed by atoms with Gasteiger partial charge in [-0.3, -0.25) is 14.5 Å². The maximum atomic E-state index is 13.6. The minimum atomic E-state index is -0.826. The van der Waals surface area contributed by atoms with Gasteiger partial charge in [-0.05, 0) is 66.3 Å². The summed E-state index contributed by atoms with van der Waals surface area (Å²) in [5, 5.41) is 11.6. The number of anilines is 1. The fourth-order valence-electron chi connectivity index (χ4n) is 5.12. The fourth-order valence-corrected chi connectivity index (χ4v) is 5.12. The summed E-state index contributed by atoms with van der Waals surface area (Å²) in [6.07, 6.45) is 0.854. The highest BCUT2D eigenvalue weighted by molar-refractivity contribution is 6.51. The molecule has 3 aromatic carbocycles. The Bertz CT molecular complexity index is 1440. The highest BCUT2D eigenvalue weighted by Gasteiger charge is 2.47. The van der Waals surface area contributed by atoms with Gasteiger partial charge < -0.3 is 19.3 Å². The molecule has 2 heterocycles. The van der Waals surface area contributed by atoms with Gasteiger partial charge in [-0.1, -0.05) is 45.0 Å². The standard InChI is InChI=1S/C32H33NO6/c1-5-20-7-9-21(10-8-20)29-28(30(34)22-11-13-25(37-6-2)24(17-22)19(3)4)31(35)32(36)33(29)23-12-14-26-27(18-23)39-16-15-38-26/h7-14,17-19,29,34H,5-6,15-16H2,1-4H3/b30-28+. The average molecular weight is 528 g/mol. The number of hydrogen-bond acceptors (Lipinski definition) is 6. The third-order valence-electron chi connectivity index (χ3n) is 7.16. The maximum absolute atomic E-state index is 13.6. The zero-order valence-corrected chi connectivity index (χ0v) is 22.7. The number of aryl methyl sites for hydroxylation is 1. The first-order chi connectivity index (χ1) is 18.8. The molecule has 7 nitrogen and oxygen atoms in total. The normalized spacial score (nSPS) is 18.1. The molecule has 1 atom stereocenters. The predicted molar refractivity (Wildman–Crippen MR) is 150 cm³/mol. The number of fused-ring (bicyclic) bond motifs is 1. The second kappa shape index (κ2) is 10.8. The highest BCUT2D eigenvalue weighted by Crippen LogP contribution is 2.45. The largest absolute Gasteiger partial charge is 0.507 e. The number of aliphatic hydroxyl groups is 1. The van der Waals surface area contributed by atoms with Crippen LogP contribution in [0, 0.1) is 0 Å². The molecule has 39 heavy (non-hydrogen) atoms. The average Bonchev–Trinajstić information content (AvgIpc) is 3.22. The molecule has 202 valence electrons. The van der Waals surface area contributed by atoms with Gasteiger partial charge in [0.1, 0.15) is 24.7 Å². The smallest absolute Gasteiger partial charge is 0.300 e. The first-order valence-electron chi connectivity index (χ1n) is 13.4. The molecule has 1 amide bonds. The van der Waals surface area contributed by atoms with Gasteiger partial charge in [0.05, 0.1) is 18.2 Å². The molecule has 1 saturated heterocycles. The molecule has 1 fully saturated rings. The summed E-state index contributed by atoms with van der Waals surface area (Å²) in [4.78, 5) is 28.6. The van der Waals surface area contributed by atoms with Gasteiger partial charge in [-0.2, -0.15) is 0 Å². The van der Waals surface area contributed by atoms with Crippen molar-refractivity contribution in [2.45, 2.75) is 46.1 Å². The van der Waals surface area contributed by atoms with Gasteiger partial charge >= 0.3 is 0 Å². The van der Waals surface area contributed by atoms with Crippen LogP contribution in [0.4, 0.5) is 5.69 Å². The molecule has 1 N–H and O–H groups in total. The van der Waals surface area contributed by atoms with Crippen LogP contribution in [0.1, 0.15) is 61.9 Å². The summed E-state index contributed by atoms with van der Waals surface area (Å²) in [5.74, 6) is 0.266. The van der Waals surface area contributed by atoms with Crippen molar-refractivity contribution < 1.29 is 28.9 Å². The van der Waals surface area contributed by atoms with Crippen LogP contribution in [-0.4, -0.2) is 36.6 Å². The Labute approximate surface area is 228 Å². The number of aliphatic hydroxyl groups excluding tert-OH is 1. The van der Waals surface area contributed by atoms with Crippen molar-refractivity contribution in [2.75, 3.05) is 24.7 Å². The van der Waals surface area contributed by atoms with Gasteiger partial charge in [0.25, 0.3) is 11.7 Å². The van der Waals surface area contributed by atoms with Crippen molar-refractivity contribution in [1.82, 2.24) is 0 Å². The highest BCUT2D eigenvalue weighted by atomic mass is 16.6. The number of benzene rings is 3.